The van der Waals surface area contributed by atoms with Crippen molar-refractivity contribution in [2.45, 2.75) is 6.54 Å². The third-order valence-corrected chi connectivity index (χ3v) is 2.95. The standard InChI is InChI=1S/C9H15N8O4P/c10-8(11)14-6-5-7(16-9(12)15-6)17(3-13-5)1-2-21-4-22(18,19)20/h3H,1-2,4H2,(H2,18,19,20)(H6,10,11,12,14,15,16). The third-order valence-electron chi connectivity index (χ3n) is 2.43. The highest BCUT2D eigenvalue weighted by atomic mass is 31.2. The first kappa shape index (κ1) is 16.1. The lowest BCUT2D eigenvalue weighted by Gasteiger charge is -2.07. The maximum atomic E-state index is 10.7. The van der Waals surface area contributed by atoms with Gasteiger partial charge in [-0.2, -0.15) is 15.0 Å². The number of fused-ring (bicyclic) bond motifs is 1. The number of rotatable bonds is 6. The number of hydrogen-bond donors (Lipinski definition) is 5. The molecule has 0 fully saturated rings. The van der Waals surface area contributed by atoms with Crippen LogP contribution >= 0.6 is 7.60 Å². The van der Waals surface area contributed by atoms with Crippen LogP contribution in [0.3, 0.4) is 0 Å². The van der Waals surface area contributed by atoms with Crippen molar-refractivity contribution in [2.24, 2.45) is 16.5 Å². The summed E-state index contributed by atoms with van der Waals surface area (Å²) in [5, 5.41) is 0. The Bertz CT molecular complexity index is 749. The molecule has 0 radical (unpaired) electrons. The van der Waals surface area contributed by atoms with E-state index >= 15 is 0 Å². The molecule has 13 heteroatoms. The molecule has 0 aliphatic rings. The number of ether oxygens (including phenoxy) is 1. The SMILES string of the molecule is NC(N)=Nc1nc(N)nc2c1ncn2CCOCP(=O)(O)O. The van der Waals surface area contributed by atoms with Crippen molar-refractivity contribution in [3.63, 3.8) is 0 Å². The van der Waals surface area contributed by atoms with Crippen LogP contribution in [0.15, 0.2) is 11.3 Å². The van der Waals surface area contributed by atoms with Gasteiger partial charge in [0.15, 0.2) is 22.9 Å². The number of hydrogen-bond acceptors (Lipinski definition) is 7. The first-order valence-electron chi connectivity index (χ1n) is 5.96. The zero-order valence-electron chi connectivity index (χ0n) is 11.3. The van der Waals surface area contributed by atoms with Gasteiger partial charge in [-0.1, -0.05) is 0 Å². The monoisotopic (exact) mass is 330 g/mol. The maximum Gasteiger partial charge on any atom is 0.350 e. The molecule has 0 aliphatic carbocycles. The molecular formula is C9H15N8O4P. The Morgan fingerprint density at radius 3 is 2.77 bits per heavy atom. The van der Waals surface area contributed by atoms with Gasteiger partial charge in [-0.15, -0.1) is 0 Å². The van der Waals surface area contributed by atoms with E-state index in [0.29, 0.717) is 11.2 Å². The van der Waals surface area contributed by atoms with E-state index in [4.69, 9.17) is 31.7 Å². The van der Waals surface area contributed by atoms with Crippen LogP contribution in [0.5, 0.6) is 0 Å². The molecule has 0 amide bonds. The van der Waals surface area contributed by atoms with Crippen LogP contribution in [0, 0.1) is 0 Å². The van der Waals surface area contributed by atoms with Crippen molar-refractivity contribution in [1.29, 1.82) is 0 Å². The number of imidazole rings is 1. The van der Waals surface area contributed by atoms with Crippen molar-refractivity contribution < 1.29 is 19.1 Å². The predicted molar refractivity (Wildman–Crippen MR) is 78.1 cm³/mol. The minimum absolute atomic E-state index is 0.0367. The molecule has 22 heavy (non-hydrogen) atoms. The summed E-state index contributed by atoms with van der Waals surface area (Å²) in [6.45, 7) is 0.312. The van der Waals surface area contributed by atoms with Gasteiger partial charge in [0.1, 0.15) is 6.35 Å². The lowest BCUT2D eigenvalue weighted by Crippen LogP contribution is -2.22. The largest absolute Gasteiger partial charge is 0.370 e. The molecule has 8 N–H and O–H groups in total. The molecule has 120 valence electrons. The third kappa shape index (κ3) is 4.11. The van der Waals surface area contributed by atoms with Crippen molar-refractivity contribution >= 4 is 36.5 Å². The van der Waals surface area contributed by atoms with Gasteiger partial charge in [0.25, 0.3) is 0 Å². The smallest absolute Gasteiger partial charge is 0.350 e. The molecule has 0 saturated heterocycles. The summed E-state index contributed by atoms with van der Waals surface area (Å²) in [6.07, 6.45) is 0.793. The normalized spacial score (nSPS) is 11.7. The van der Waals surface area contributed by atoms with Crippen molar-refractivity contribution in [3.8, 4) is 0 Å². The quantitative estimate of drug-likeness (QED) is 0.179. The topological polar surface area (TPSA) is 201 Å². The van der Waals surface area contributed by atoms with Crippen LogP contribution in [0.1, 0.15) is 0 Å². The molecule has 0 atom stereocenters. The van der Waals surface area contributed by atoms with Gasteiger partial charge in [-0.05, 0) is 0 Å². The van der Waals surface area contributed by atoms with E-state index in [1.807, 2.05) is 0 Å². The van der Waals surface area contributed by atoms with Crippen LogP contribution in [-0.4, -0.2) is 48.2 Å². The second-order valence-corrected chi connectivity index (χ2v) is 5.84. The van der Waals surface area contributed by atoms with Gasteiger partial charge in [-0.25, -0.2) is 4.98 Å². The van der Waals surface area contributed by atoms with E-state index in [1.165, 1.54) is 6.33 Å². The first-order chi connectivity index (χ1) is 10.3. The molecule has 2 aromatic heterocycles. The van der Waals surface area contributed by atoms with Crippen LogP contribution in [-0.2, 0) is 15.8 Å². The number of guanidine groups is 1. The fourth-order valence-corrected chi connectivity index (χ4v) is 2.02. The van der Waals surface area contributed by atoms with Gasteiger partial charge < -0.3 is 36.3 Å². The van der Waals surface area contributed by atoms with E-state index in [0.717, 1.165) is 0 Å². The highest BCUT2D eigenvalue weighted by molar-refractivity contribution is 7.51. The summed E-state index contributed by atoms with van der Waals surface area (Å²) in [7, 11) is -4.19. The first-order valence-corrected chi connectivity index (χ1v) is 7.76. The van der Waals surface area contributed by atoms with Crippen molar-refractivity contribution in [2.75, 3.05) is 18.7 Å². The Morgan fingerprint density at radius 1 is 1.41 bits per heavy atom. The number of anilines is 1. The van der Waals surface area contributed by atoms with Crippen LogP contribution in [0.4, 0.5) is 11.8 Å². The second kappa shape index (κ2) is 6.23. The molecule has 2 heterocycles. The number of nitrogen functional groups attached to an aromatic ring is 1. The van der Waals surface area contributed by atoms with E-state index in [2.05, 4.69) is 19.9 Å². The van der Waals surface area contributed by atoms with Gasteiger partial charge >= 0.3 is 7.60 Å². The van der Waals surface area contributed by atoms with E-state index in [1.54, 1.807) is 4.57 Å². The Morgan fingerprint density at radius 2 is 2.14 bits per heavy atom. The average Bonchev–Trinajstić information content (AvgIpc) is 2.76. The second-order valence-electron chi connectivity index (χ2n) is 4.25. The Labute approximate surface area is 124 Å². The summed E-state index contributed by atoms with van der Waals surface area (Å²) in [6, 6.07) is 0. The highest BCUT2D eigenvalue weighted by Crippen LogP contribution is 2.33. The molecular weight excluding hydrogens is 315 g/mol. The van der Waals surface area contributed by atoms with Crippen LogP contribution in [0.25, 0.3) is 11.2 Å². The summed E-state index contributed by atoms with van der Waals surface area (Å²) >= 11 is 0. The van der Waals surface area contributed by atoms with Crippen LogP contribution in [0.2, 0.25) is 0 Å². The fourth-order valence-electron chi connectivity index (χ4n) is 1.66. The molecule has 0 aromatic carbocycles. The number of nitrogens with two attached hydrogens (primary N) is 3. The number of aromatic nitrogens is 4. The lowest BCUT2D eigenvalue weighted by molar-refractivity contribution is 0.149. The summed E-state index contributed by atoms with van der Waals surface area (Å²) in [4.78, 5) is 33.2. The highest BCUT2D eigenvalue weighted by Gasteiger charge is 2.14. The van der Waals surface area contributed by atoms with Crippen LogP contribution < -0.4 is 17.2 Å². The fraction of sp³-hybridized carbons (Fsp3) is 0.333. The predicted octanol–water partition coefficient (Wildman–Crippen LogP) is -1.53. The van der Waals surface area contributed by atoms with Gasteiger partial charge in [-0.3, -0.25) is 4.57 Å². The zero-order chi connectivity index (χ0) is 16.3. The molecule has 0 saturated carbocycles. The Kier molecular flexibility index (Phi) is 4.56. The lowest BCUT2D eigenvalue weighted by atomic mass is 10.5. The average molecular weight is 330 g/mol. The molecule has 12 nitrogen and oxygen atoms in total. The number of nitrogens with zero attached hydrogens (tertiary/aromatic N) is 5. The van der Waals surface area contributed by atoms with E-state index < -0.39 is 13.9 Å². The van der Waals surface area contributed by atoms with Crippen molar-refractivity contribution in [1.82, 2.24) is 19.5 Å². The Hall–Kier alpha value is -2.27. The zero-order valence-corrected chi connectivity index (χ0v) is 12.2. The van der Waals surface area contributed by atoms with Crippen molar-refractivity contribution in [3.05, 3.63) is 6.33 Å². The van der Waals surface area contributed by atoms with E-state index in [-0.39, 0.29) is 30.9 Å². The molecule has 0 spiro atoms. The molecule has 2 rings (SSSR count). The summed E-state index contributed by atoms with van der Waals surface area (Å²) in [5.74, 6) is -0.0956. The van der Waals surface area contributed by atoms with Gasteiger partial charge in [0, 0.05) is 6.54 Å². The van der Waals surface area contributed by atoms with E-state index in [9.17, 15) is 4.57 Å². The minimum atomic E-state index is -4.19. The molecule has 0 bridgehead atoms. The maximum absolute atomic E-state index is 10.7. The molecule has 0 unspecified atom stereocenters. The molecule has 0 aliphatic heterocycles. The summed E-state index contributed by atoms with van der Waals surface area (Å²) < 4.78 is 17.1. The molecule has 2 aromatic rings. The number of aliphatic imine (C=N–C) groups is 1. The summed E-state index contributed by atoms with van der Waals surface area (Å²) in [5.41, 5.74) is 16.9. The van der Waals surface area contributed by atoms with Gasteiger partial charge in [0.2, 0.25) is 5.95 Å². The Balaban J connectivity index is 2.20. The minimum Gasteiger partial charge on any atom is -0.370 e. The van der Waals surface area contributed by atoms with Gasteiger partial charge in [0.05, 0.1) is 12.9 Å².